The van der Waals surface area contributed by atoms with Crippen LogP contribution >= 0.6 is 0 Å². The summed E-state index contributed by atoms with van der Waals surface area (Å²) in [5, 5.41) is 0. The average molecular weight is 267 g/mol. The monoisotopic (exact) mass is 267 g/mol. The summed E-state index contributed by atoms with van der Waals surface area (Å²) in [7, 11) is 0. The number of carbonyl (C=O) groups excluding carboxylic acids is 1. The molecule has 0 N–H and O–H groups in total. The minimum Gasteiger partial charge on any atom is -0.299 e. The van der Waals surface area contributed by atoms with Crippen molar-refractivity contribution in [1.29, 1.82) is 0 Å². The van der Waals surface area contributed by atoms with Gasteiger partial charge in [-0.15, -0.1) is 0 Å². The van der Waals surface area contributed by atoms with Crippen LogP contribution in [0, 0.1) is 5.92 Å². The number of hydrogen-bond acceptors (Lipinski definition) is 2. The van der Waals surface area contributed by atoms with Crippen molar-refractivity contribution in [1.82, 2.24) is 4.98 Å². The van der Waals surface area contributed by atoms with Crippen molar-refractivity contribution >= 4 is 5.78 Å². The maximum Gasteiger partial charge on any atom is 0.145 e. The number of Topliss-reactive ketones (excluding diaryl/α,β-unsaturated/α-hetero) is 1. The predicted molar refractivity (Wildman–Crippen MR) is 81.6 cm³/mol. The van der Waals surface area contributed by atoms with Crippen LogP contribution in [0.2, 0.25) is 0 Å². The molecular formula is C18H21NO. The Morgan fingerprint density at radius 2 is 1.90 bits per heavy atom. The molecule has 1 aromatic heterocycles. The Bertz CT molecular complexity index is 536. The van der Waals surface area contributed by atoms with E-state index in [0.717, 1.165) is 17.5 Å². The molecule has 2 atom stereocenters. The fourth-order valence-corrected chi connectivity index (χ4v) is 2.54. The lowest BCUT2D eigenvalue weighted by atomic mass is 9.81. The first-order valence-corrected chi connectivity index (χ1v) is 7.19. The number of nitrogens with zero attached hydrogens (tertiary/aromatic N) is 1. The van der Waals surface area contributed by atoms with Crippen molar-refractivity contribution < 1.29 is 4.79 Å². The second kappa shape index (κ2) is 6.99. The Kier molecular flexibility index (Phi) is 5.05. The van der Waals surface area contributed by atoms with Gasteiger partial charge in [0.15, 0.2) is 0 Å². The minimum atomic E-state index is -0.0265. The van der Waals surface area contributed by atoms with Gasteiger partial charge in [0.25, 0.3) is 0 Å². The van der Waals surface area contributed by atoms with E-state index in [1.807, 2.05) is 30.3 Å². The van der Waals surface area contributed by atoms with E-state index in [1.54, 1.807) is 12.4 Å². The van der Waals surface area contributed by atoms with Gasteiger partial charge in [-0.05, 0) is 23.1 Å². The molecule has 2 nitrogen and oxygen atoms in total. The van der Waals surface area contributed by atoms with Crippen LogP contribution < -0.4 is 0 Å². The first-order chi connectivity index (χ1) is 9.72. The second-order valence-electron chi connectivity index (χ2n) is 5.28. The summed E-state index contributed by atoms with van der Waals surface area (Å²) in [6, 6.07) is 13.9. The standard InChI is InChI=1S/C18H21NO/c1-3-14(2)18(16-9-5-4-6-10-16)17(20)12-15-8-7-11-19-13-15/h4-11,13-14,18H,3,12H2,1-2H3. The Hall–Kier alpha value is -1.96. The zero-order chi connectivity index (χ0) is 14.4. The highest BCUT2D eigenvalue weighted by Gasteiger charge is 2.25. The SMILES string of the molecule is CCC(C)C(C(=O)Cc1cccnc1)c1ccccc1. The first-order valence-electron chi connectivity index (χ1n) is 7.19. The van der Waals surface area contributed by atoms with Gasteiger partial charge in [0.1, 0.15) is 5.78 Å². The summed E-state index contributed by atoms with van der Waals surface area (Å²) >= 11 is 0. The van der Waals surface area contributed by atoms with Crippen molar-refractivity contribution in [3.63, 3.8) is 0 Å². The van der Waals surface area contributed by atoms with E-state index >= 15 is 0 Å². The van der Waals surface area contributed by atoms with Gasteiger partial charge in [0.05, 0.1) is 0 Å². The molecule has 2 unspecified atom stereocenters. The van der Waals surface area contributed by atoms with E-state index in [9.17, 15) is 4.79 Å². The van der Waals surface area contributed by atoms with Crippen LogP contribution in [0.1, 0.15) is 37.3 Å². The first kappa shape index (κ1) is 14.4. The Balaban J connectivity index is 2.21. The molecule has 0 spiro atoms. The van der Waals surface area contributed by atoms with Gasteiger partial charge >= 0.3 is 0 Å². The van der Waals surface area contributed by atoms with Crippen LogP contribution in [-0.4, -0.2) is 10.8 Å². The van der Waals surface area contributed by atoms with Crippen LogP contribution in [0.15, 0.2) is 54.9 Å². The maximum absolute atomic E-state index is 12.7. The normalized spacial score (nSPS) is 13.7. The number of pyridine rings is 1. The van der Waals surface area contributed by atoms with Crippen molar-refractivity contribution in [2.45, 2.75) is 32.6 Å². The third-order valence-corrected chi connectivity index (χ3v) is 3.82. The van der Waals surface area contributed by atoms with Crippen molar-refractivity contribution in [2.24, 2.45) is 5.92 Å². The molecule has 2 aromatic rings. The number of ketones is 1. The van der Waals surface area contributed by atoms with Crippen molar-refractivity contribution in [3.05, 3.63) is 66.0 Å². The second-order valence-corrected chi connectivity index (χ2v) is 5.28. The van der Waals surface area contributed by atoms with Crippen LogP contribution in [0.25, 0.3) is 0 Å². The molecule has 0 saturated heterocycles. The van der Waals surface area contributed by atoms with Gasteiger partial charge < -0.3 is 0 Å². The summed E-state index contributed by atoms with van der Waals surface area (Å²) in [6.07, 6.45) is 4.96. The molecule has 0 aliphatic rings. The van der Waals surface area contributed by atoms with E-state index in [1.165, 1.54) is 0 Å². The third-order valence-electron chi connectivity index (χ3n) is 3.82. The Labute approximate surface area is 120 Å². The molecule has 0 aliphatic heterocycles. The molecule has 0 amide bonds. The lowest BCUT2D eigenvalue weighted by Gasteiger charge is -2.22. The van der Waals surface area contributed by atoms with Gasteiger partial charge in [0, 0.05) is 24.7 Å². The van der Waals surface area contributed by atoms with Crippen LogP contribution in [-0.2, 0) is 11.2 Å². The number of benzene rings is 1. The zero-order valence-corrected chi connectivity index (χ0v) is 12.1. The van der Waals surface area contributed by atoms with Crippen LogP contribution in [0.5, 0.6) is 0 Å². The van der Waals surface area contributed by atoms with Gasteiger partial charge in [-0.3, -0.25) is 9.78 Å². The average Bonchev–Trinajstić information content (AvgIpc) is 2.49. The highest BCUT2D eigenvalue weighted by atomic mass is 16.1. The number of hydrogen-bond donors (Lipinski definition) is 0. The molecule has 0 radical (unpaired) electrons. The molecular weight excluding hydrogens is 246 g/mol. The minimum absolute atomic E-state index is 0.0265. The predicted octanol–water partition coefficient (Wildman–Crippen LogP) is 4.02. The van der Waals surface area contributed by atoms with Crippen LogP contribution in [0.3, 0.4) is 0 Å². The molecule has 104 valence electrons. The summed E-state index contributed by atoms with van der Waals surface area (Å²) in [4.78, 5) is 16.8. The third kappa shape index (κ3) is 3.53. The van der Waals surface area contributed by atoms with Gasteiger partial charge in [-0.25, -0.2) is 0 Å². The largest absolute Gasteiger partial charge is 0.299 e. The molecule has 0 saturated carbocycles. The summed E-state index contributed by atoms with van der Waals surface area (Å²) in [5.74, 6) is 0.599. The molecule has 0 aliphatic carbocycles. The fraction of sp³-hybridized carbons (Fsp3) is 0.333. The van der Waals surface area contributed by atoms with E-state index in [2.05, 4.69) is 31.0 Å². The topological polar surface area (TPSA) is 30.0 Å². The highest BCUT2D eigenvalue weighted by Crippen LogP contribution is 2.29. The van der Waals surface area contributed by atoms with E-state index < -0.39 is 0 Å². The molecule has 0 bridgehead atoms. The molecule has 1 aromatic carbocycles. The van der Waals surface area contributed by atoms with Crippen LogP contribution in [0.4, 0.5) is 0 Å². The fourth-order valence-electron chi connectivity index (χ4n) is 2.54. The summed E-state index contributed by atoms with van der Waals surface area (Å²) in [5.41, 5.74) is 2.11. The molecule has 2 rings (SSSR count). The smallest absolute Gasteiger partial charge is 0.145 e. The van der Waals surface area contributed by atoms with Gasteiger partial charge in [0.2, 0.25) is 0 Å². The Morgan fingerprint density at radius 1 is 1.15 bits per heavy atom. The number of rotatable bonds is 6. The lowest BCUT2D eigenvalue weighted by molar-refractivity contribution is -0.120. The molecule has 0 fully saturated rings. The Morgan fingerprint density at radius 3 is 2.50 bits per heavy atom. The van der Waals surface area contributed by atoms with E-state index in [0.29, 0.717) is 12.3 Å². The molecule has 20 heavy (non-hydrogen) atoms. The maximum atomic E-state index is 12.7. The lowest BCUT2D eigenvalue weighted by Crippen LogP contribution is -2.21. The quantitative estimate of drug-likeness (QED) is 0.791. The van der Waals surface area contributed by atoms with Gasteiger partial charge in [-0.1, -0.05) is 56.7 Å². The molecule has 2 heteroatoms. The number of aromatic nitrogens is 1. The van der Waals surface area contributed by atoms with Crippen molar-refractivity contribution in [3.8, 4) is 0 Å². The molecule has 1 heterocycles. The van der Waals surface area contributed by atoms with E-state index in [-0.39, 0.29) is 11.7 Å². The van der Waals surface area contributed by atoms with Gasteiger partial charge in [-0.2, -0.15) is 0 Å². The highest BCUT2D eigenvalue weighted by molar-refractivity contribution is 5.87. The van der Waals surface area contributed by atoms with E-state index in [4.69, 9.17) is 0 Å². The number of carbonyl (C=O) groups is 1. The van der Waals surface area contributed by atoms with Crippen molar-refractivity contribution in [2.75, 3.05) is 0 Å². The summed E-state index contributed by atoms with van der Waals surface area (Å²) in [6.45, 7) is 4.29. The summed E-state index contributed by atoms with van der Waals surface area (Å²) < 4.78 is 0. The zero-order valence-electron chi connectivity index (χ0n) is 12.1.